The predicted molar refractivity (Wildman–Crippen MR) is 67.7 cm³/mol. The van der Waals surface area contributed by atoms with Crippen LogP contribution < -0.4 is 4.74 Å². The fraction of sp³-hybridized carbons (Fsp3) is 0.429. The summed E-state index contributed by atoms with van der Waals surface area (Å²) in [7, 11) is 1.52. The summed E-state index contributed by atoms with van der Waals surface area (Å²) < 4.78 is 5.18. The molecule has 0 aliphatic carbocycles. The average molecular weight is 247 g/mol. The minimum absolute atomic E-state index is 0.0175. The molecule has 1 aromatic rings. The molecule has 0 saturated carbocycles. The van der Waals surface area contributed by atoms with Crippen molar-refractivity contribution in [1.82, 2.24) is 0 Å². The summed E-state index contributed by atoms with van der Waals surface area (Å²) in [6.45, 7) is 5.55. The fourth-order valence-electron chi connectivity index (χ4n) is 2.00. The Bertz CT molecular complexity index is 513. The molecule has 0 amide bonds. The number of hydrogen-bond donors (Lipinski definition) is 1. The number of benzene rings is 1. The number of aliphatic carboxylic acids is 1. The van der Waals surface area contributed by atoms with Crippen molar-refractivity contribution in [3.05, 3.63) is 28.8 Å². The Hall–Kier alpha value is -2.02. The van der Waals surface area contributed by atoms with Crippen LogP contribution >= 0.6 is 0 Å². The predicted octanol–water partition coefficient (Wildman–Crippen LogP) is 2.63. The molecule has 0 bridgehead atoms. The maximum Gasteiger partial charge on any atom is 0.304 e. The molecule has 0 heterocycles. The molecule has 0 atom stereocenters. The topological polar surface area (TPSA) is 70.3 Å². The van der Waals surface area contributed by atoms with Gasteiger partial charge in [-0.3, -0.25) is 4.79 Å². The fourth-order valence-corrected chi connectivity index (χ4v) is 2.00. The van der Waals surface area contributed by atoms with Crippen LogP contribution in [0.1, 0.15) is 37.0 Å². The summed E-state index contributed by atoms with van der Waals surface area (Å²) in [4.78, 5) is 10.9. The lowest BCUT2D eigenvalue weighted by molar-refractivity contribution is -0.138. The third kappa shape index (κ3) is 2.80. The molecule has 18 heavy (non-hydrogen) atoms. The maximum atomic E-state index is 10.9. The molecule has 0 aromatic heterocycles. The van der Waals surface area contributed by atoms with Crippen LogP contribution in [0.25, 0.3) is 0 Å². The molecule has 96 valence electrons. The van der Waals surface area contributed by atoms with Crippen LogP contribution in [0.2, 0.25) is 0 Å². The lowest BCUT2D eigenvalue weighted by Crippen LogP contribution is -2.22. The molecular weight excluding hydrogens is 230 g/mol. The Morgan fingerprint density at radius 2 is 2.11 bits per heavy atom. The first kappa shape index (κ1) is 14.0. The molecule has 0 aliphatic rings. The summed E-state index contributed by atoms with van der Waals surface area (Å²) in [6, 6.07) is 5.66. The third-order valence-corrected chi connectivity index (χ3v) is 2.97. The highest BCUT2D eigenvalue weighted by atomic mass is 16.5. The number of carboxylic acids is 1. The van der Waals surface area contributed by atoms with E-state index in [0.29, 0.717) is 11.3 Å². The molecule has 1 N–H and O–H groups in total. The number of nitriles is 1. The van der Waals surface area contributed by atoms with Crippen LogP contribution in [-0.4, -0.2) is 18.2 Å². The van der Waals surface area contributed by atoms with Crippen LogP contribution in [-0.2, 0) is 10.2 Å². The first-order valence-corrected chi connectivity index (χ1v) is 5.63. The Kier molecular flexibility index (Phi) is 3.97. The van der Waals surface area contributed by atoms with Gasteiger partial charge in [0, 0.05) is 5.41 Å². The number of rotatable bonds is 4. The Labute approximate surface area is 107 Å². The zero-order valence-corrected chi connectivity index (χ0v) is 11.1. The van der Waals surface area contributed by atoms with Gasteiger partial charge in [0.25, 0.3) is 0 Å². The Balaban J connectivity index is 3.32. The molecule has 4 nitrogen and oxygen atoms in total. The minimum Gasteiger partial charge on any atom is -0.495 e. The summed E-state index contributed by atoms with van der Waals surface area (Å²) in [5.74, 6) is -0.306. The number of carboxylic acid groups (broad SMARTS) is 1. The first-order valence-electron chi connectivity index (χ1n) is 5.63. The van der Waals surface area contributed by atoms with Crippen molar-refractivity contribution in [2.24, 2.45) is 0 Å². The van der Waals surface area contributed by atoms with Gasteiger partial charge in [-0.2, -0.15) is 5.26 Å². The second kappa shape index (κ2) is 5.09. The van der Waals surface area contributed by atoms with Gasteiger partial charge in [-0.1, -0.05) is 19.9 Å². The van der Waals surface area contributed by atoms with E-state index in [1.807, 2.05) is 26.8 Å². The van der Waals surface area contributed by atoms with Gasteiger partial charge >= 0.3 is 5.97 Å². The van der Waals surface area contributed by atoms with Crippen LogP contribution in [0.15, 0.2) is 12.1 Å². The molecule has 0 spiro atoms. The van der Waals surface area contributed by atoms with Crippen molar-refractivity contribution in [2.75, 3.05) is 7.11 Å². The standard InChI is InChI=1S/C14H17NO3/c1-9-5-11(14(2,3)7-12(16)17)6-10(8-15)13(9)18-4/h5-6H,7H2,1-4H3,(H,16,17). The van der Waals surface area contributed by atoms with Crippen molar-refractivity contribution in [2.45, 2.75) is 32.6 Å². The van der Waals surface area contributed by atoms with Crippen molar-refractivity contribution in [3.8, 4) is 11.8 Å². The van der Waals surface area contributed by atoms with Crippen molar-refractivity contribution < 1.29 is 14.6 Å². The molecule has 4 heteroatoms. The maximum absolute atomic E-state index is 10.9. The summed E-state index contributed by atoms with van der Waals surface area (Å²) in [5, 5.41) is 18.0. The molecule has 0 radical (unpaired) electrons. The van der Waals surface area contributed by atoms with E-state index in [1.165, 1.54) is 7.11 Å². The van der Waals surface area contributed by atoms with E-state index in [4.69, 9.17) is 15.1 Å². The van der Waals surface area contributed by atoms with E-state index >= 15 is 0 Å². The van der Waals surface area contributed by atoms with E-state index in [0.717, 1.165) is 11.1 Å². The third-order valence-electron chi connectivity index (χ3n) is 2.97. The second-order valence-corrected chi connectivity index (χ2v) is 4.94. The Morgan fingerprint density at radius 3 is 2.56 bits per heavy atom. The smallest absolute Gasteiger partial charge is 0.304 e. The number of hydrogen-bond acceptors (Lipinski definition) is 3. The first-order chi connectivity index (χ1) is 8.31. The number of carbonyl (C=O) groups is 1. The Morgan fingerprint density at radius 1 is 1.50 bits per heavy atom. The monoisotopic (exact) mass is 247 g/mol. The van der Waals surface area contributed by atoms with Gasteiger partial charge in [0.05, 0.1) is 19.1 Å². The average Bonchev–Trinajstić information content (AvgIpc) is 2.26. The molecule has 0 saturated heterocycles. The molecule has 0 aliphatic heterocycles. The van der Waals surface area contributed by atoms with Crippen LogP contribution in [0.4, 0.5) is 0 Å². The highest BCUT2D eigenvalue weighted by molar-refractivity contribution is 5.69. The van der Waals surface area contributed by atoms with Crippen molar-refractivity contribution in [1.29, 1.82) is 5.26 Å². The summed E-state index contributed by atoms with van der Waals surface area (Å²) >= 11 is 0. The number of ether oxygens (including phenoxy) is 1. The van der Waals surface area contributed by atoms with Gasteiger partial charge in [0.1, 0.15) is 11.8 Å². The van der Waals surface area contributed by atoms with Gasteiger partial charge in [-0.15, -0.1) is 0 Å². The minimum atomic E-state index is -0.855. The van der Waals surface area contributed by atoms with Gasteiger partial charge in [-0.05, 0) is 24.1 Å². The SMILES string of the molecule is COc1c(C)cc(C(C)(C)CC(=O)O)cc1C#N. The highest BCUT2D eigenvalue weighted by Crippen LogP contribution is 2.33. The van der Waals surface area contributed by atoms with E-state index in [-0.39, 0.29) is 6.42 Å². The van der Waals surface area contributed by atoms with Gasteiger partial charge < -0.3 is 9.84 Å². The second-order valence-electron chi connectivity index (χ2n) is 4.94. The van der Waals surface area contributed by atoms with Crippen LogP contribution in [0.5, 0.6) is 5.75 Å². The van der Waals surface area contributed by atoms with Crippen molar-refractivity contribution in [3.63, 3.8) is 0 Å². The van der Waals surface area contributed by atoms with Crippen molar-refractivity contribution >= 4 is 5.97 Å². The largest absolute Gasteiger partial charge is 0.495 e. The zero-order chi connectivity index (χ0) is 13.9. The van der Waals surface area contributed by atoms with E-state index in [1.54, 1.807) is 6.07 Å². The molecule has 0 fully saturated rings. The molecular formula is C14H17NO3. The van der Waals surface area contributed by atoms with Gasteiger partial charge in [-0.25, -0.2) is 0 Å². The summed E-state index contributed by atoms with van der Waals surface area (Å²) in [5.41, 5.74) is 1.59. The number of nitrogens with zero attached hydrogens (tertiary/aromatic N) is 1. The van der Waals surface area contributed by atoms with Gasteiger partial charge in [0.15, 0.2) is 0 Å². The van der Waals surface area contributed by atoms with Gasteiger partial charge in [0.2, 0.25) is 0 Å². The van der Waals surface area contributed by atoms with Crippen LogP contribution in [0.3, 0.4) is 0 Å². The molecule has 0 unspecified atom stereocenters. The molecule has 1 aromatic carbocycles. The number of methoxy groups -OCH3 is 1. The number of aryl methyl sites for hydroxylation is 1. The highest BCUT2D eigenvalue weighted by Gasteiger charge is 2.26. The van der Waals surface area contributed by atoms with E-state index < -0.39 is 11.4 Å². The normalized spacial score (nSPS) is 10.8. The quantitative estimate of drug-likeness (QED) is 0.887. The molecule has 1 rings (SSSR count). The van der Waals surface area contributed by atoms with Crippen LogP contribution in [0, 0.1) is 18.3 Å². The summed E-state index contributed by atoms with van der Waals surface area (Å²) in [6.07, 6.45) is 0.0175. The van der Waals surface area contributed by atoms with E-state index in [2.05, 4.69) is 6.07 Å². The lowest BCUT2D eigenvalue weighted by Gasteiger charge is -2.24. The van der Waals surface area contributed by atoms with E-state index in [9.17, 15) is 4.79 Å². The lowest BCUT2D eigenvalue weighted by atomic mass is 9.80. The zero-order valence-electron chi connectivity index (χ0n) is 11.1.